The molecule has 0 saturated carbocycles. The summed E-state index contributed by atoms with van der Waals surface area (Å²) in [5, 5.41) is 23.0. The number of aryl methyl sites for hydroxylation is 1. The van der Waals surface area contributed by atoms with Crippen LogP contribution in [0, 0.1) is 0 Å². The third-order valence-electron chi connectivity index (χ3n) is 4.43. The van der Waals surface area contributed by atoms with E-state index in [2.05, 4.69) is 20.9 Å². The number of likely N-dealkylation sites (N-methyl/N-ethyl adjacent to an activating group) is 1. The van der Waals surface area contributed by atoms with E-state index in [1.165, 1.54) is 0 Å². The number of primary amides is 1. The van der Waals surface area contributed by atoms with Crippen molar-refractivity contribution in [2.75, 3.05) is 20.2 Å². The first-order valence-corrected chi connectivity index (χ1v) is 9.06. The van der Waals surface area contributed by atoms with Crippen molar-refractivity contribution in [3.8, 4) is 0 Å². The number of amides is 2. The lowest BCUT2D eigenvalue weighted by atomic mass is 10.0. The summed E-state index contributed by atoms with van der Waals surface area (Å²) in [7, 11) is 1.71. The Hall–Kier alpha value is -2.00. The number of nitrogens with two attached hydrogens (primary N) is 1. The largest absolute Gasteiger partial charge is 0.396 e. The Morgan fingerprint density at radius 1 is 1.38 bits per heavy atom. The molecule has 0 fully saturated rings. The van der Waals surface area contributed by atoms with Gasteiger partial charge < -0.3 is 21.5 Å². The number of aliphatic hydroxyl groups is 1. The SMILES string of the molecule is CNC(CCCCNC(=O)CCc1cn(C(C)(C)CCO)nn1)C(N)=O. The monoisotopic (exact) mass is 368 g/mol. The lowest BCUT2D eigenvalue weighted by Crippen LogP contribution is -2.39. The van der Waals surface area contributed by atoms with Gasteiger partial charge in [-0.1, -0.05) is 5.21 Å². The minimum atomic E-state index is -0.355. The zero-order valence-electron chi connectivity index (χ0n) is 16.0. The van der Waals surface area contributed by atoms with Crippen molar-refractivity contribution in [3.05, 3.63) is 11.9 Å². The maximum atomic E-state index is 11.9. The maximum absolute atomic E-state index is 11.9. The fourth-order valence-electron chi connectivity index (χ4n) is 2.56. The number of hydrogen-bond acceptors (Lipinski definition) is 6. The lowest BCUT2D eigenvalue weighted by molar-refractivity contribution is -0.121. The van der Waals surface area contributed by atoms with Crippen molar-refractivity contribution in [2.24, 2.45) is 5.73 Å². The molecule has 0 aliphatic rings. The number of aromatic nitrogens is 3. The summed E-state index contributed by atoms with van der Waals surface area (Å²) < 4.78 is 1.73. The first-order valence-electron chi connectivity index (χ1n) is 9.06. The van der Waals surface area contributed by atoms with Gasteiger partial charge in [0.25, 0.3) is 0 Å². The maximum Gasteiger partial charge on any atom is 0.234 e. The van der Waals surface area contributed by atoms with Gasteiger partial charge in [0, 0.05) is 32.2 Å². The van der Waals surface area contributed by atoms with Crippen LogP contribution >= 0.6 is 0 Å². The topological polar surface area (TPSA) is 135 Å². The number of hydrogen-bond donors (Lipinski definition) is 4. The Labute approximate surface area is 154 Å². The molecule has 1 heterocycles. The van der Waals surface area contributed by atoms with E-state index in [0.717, 1.165) is 18.5 Å². The molecule has 0 radical (unpaired) electrons. The minimum absolute atomic E-state index is 0.0331. The molecule has 1 atom stereocenters. The Kier molecular flexibility index (Phi) is 9.22. The second-order valence-electron chi connectivity index (χ2n) is 7.03. The summed E-state index contributed by atoms with van der Waals surface area (Å²) in [5.74, 6) is -0.388. The molecule has 148 valence electrons. The van der Waals surface area contributed by atoms with Gasteiger partial charge in [-0.2, -0.15) is 0 Å². The molecule has 1 aromatic rings. The molecule has 0 bridgehead atoms. The average Bonchev–Trinajstić information content (AvgIpc) is 3.06. The first-order chi connectivity index (χ1) is 12.3. The highest BCUT2D eigenvalue weighted by Gasteiger charge is 2.21. The van der Waals surface area contributed by atoms with Crippen LogP contribution in [0.15, 0.2) is 6.20 Å². The van der Waals surface area contributed by atoms with Gasteiger partial charge in [0.1, 0.15) is 0 Å². The van der Waals surface area contributed by atoms with E-state index in [1.807, 2.05) is 20.0 Å². The molecule has 26 heavy (non-hydrogen) atoms. The van der Waals surface area contributed by atoms with Crippen LogP contribution in [-0.4, -0.2) is 58.2 Å². The third-order valence-corrected chi connectivity index (χ3v) is 4.43. The third kappa shape index (κ3) is 7.49. The van der Waals surface area contributed by atoms with Gasteiger partial charge in [-0.25, -0.2) is 4.68 Å². The number of carbonyl (C=O) groups excluding carboxylic acids is 2. The van der Waals surface area contributed by atoms with E-state index in [1.54, 1.807) is 11.7 Å². The predicted octanol–water partition coefficient (Wildman–Crippen LogP) is -0.312. The van der Waals surface area contributed by atoms with Crippen LogP contribution in [0.2, 0.25) is 0 Å². The predicted molar refractivity (Wildman–Crippen MR) is 98.3 cm³/mol. The van der Waals surface area contributed by atoms with Crippen LogP contribution in [0.1, 0.15) is 51.6 Å². The number of carbonyl (C=O) groups is 2. The quantitative estimate of drug-likeness (QED) is 0.353. The van der Waals surface area contributed by atoms with Gasteiger partial charge in [-0.15, -0.1) is 5.10 Å². The highest BCUT2D eigenvalue weighted by atomic mass is 16.3. The minimum Gasteiger partial charge on any atom is -0.396 e. The van der Waals surface area contributed by atoms with Crippen molar-refractivity contribution >= 4 is 11.8 Å². The smallest absolute Gasteiger partial charge is 0.234 e. The van der Waals surface area contributed by atoms with Crippen molar-refractivity contribution in [1.29, 1.82) is 0 Å². The molecule has 2 amide bonds. The molecule has 0 aromatic carbocycles. The Balaban J connectivity index is 2.25. The van der Waals surface area contributed by atoms with E-state index in [9.17, 15) is 9.59 Å². The summed E-state index contributed by atoms with van der Waals surface area (Å²) in [6.07, 6.45) is 5.54. The summed E-state index contributed by atoms with van der Waals surface area (Å²) in [6.45, 7) is 4.61. The fraction of sp³-hybridized carbons (Fsp3) is 0.765. The molecule has 9 heteroatoms. The zero-order valence-corrected chi connectivity index (χ0v) is 16.0. The molecule has 0 aliphatic heterocycles. The molecule has 5 N–H and O–H groups in total. The highest BCUT2D eigenvalue weighted by molar-refractivity contribution is 5.79. The van der Waals surface area contributed by atoms with Gasteiger partial charge in [0.2, 0.25) is 11.8 Å². The molecule has 1 aromatic heterocycles. The van der Waals surface area contributed by atoms with E-state index in [4.69, 9.17) is 10.8 Å². The van der Waals surface area contributed by atoms with Crippen molar-refractivity contribution in [3.63, 3.8) is 0 Å². The van der Waals surface area contributed by atoms with Gasteiger partial charge in [-0.3, -0.25) is 9.59 Å². The summed E-state index contributed by atoms with van der Waals surface area (Å²) in [5.41, 5.74) is 5.70. The molecule has 1 unspecified atom stereocenters. The Bertz CT molecular complexity index is 573. The van der Waals surface area contributed by atoms with Crippen LogP contribution in [-0.2, 0) is 21.5 Å². The summed E-state index contributed by atoms with van der Waals surface area (Å²) in [4.78, 5) is 23.0. The number of nitrogens with zero attached hydrogens (tertiary/aromatic N) is 3. The second-order valence-corrected chi connectivity index (χ2v) is 7.03. The zero-order chi connectivity index (χ0) is 19.6. The molecule has 1 rings (SSSR count). The van der Waals surface area contributed by atoms with Gasteiger partial charge in [-0.05, 0) is 46.6 Å². The molecule has 9 nitrogen and oxygen atoms in total. The molecule has 0 spiro atoms. The fourth-order valence-corrected chi connectivity index (χ4v) is 2.56. The van der Waals surface area contributed by atoms with E-state index >= 15 is 0 Å². The number of unbranched alkanes of at least 4 members (excludes halogenated alkanes) is 1. The first kappa shape index (κ1) is 22.0. The van der Waals surface area contributed by atoms with Crippen molar-refractivity contribution in [1.82, 2.24) is 25.6 Å². The Morgan fingerprint density at radius 3 is 2.73 bits per heavy atom. The molecular weight excluding hydrogens is 336 g/mol. The Morgan fingerprint density at radius 2 is 2.12 bits per heavy atom. The van der Waals surface area contributed by atoms with E-state index < -0.39 is 0 Å². The van der Waals surface area contributed by atoms with E-state index in [0.29, 0.717) is 32.2 Å². The van der Waals surface area contributed by atoms with Crippen LogP contribution in [0.25, 0.3) is 0 Å². The van der Waals surface area contributed by atoms with Crippen LogP contribution < -0.4 is 16.4 Å². The van der Waals surface area contributed by atoms with Crippen molar-refractivity contribution in [2.45, 2.75) is 64.0 Å². The van der Waals surface area contributed by atoms with Crippen LogP contribution in [0.4, 0.5) is 0 Å². The van der Waals surface area contributed by atoms with Gasteiger partial charge in [0.05, 0.1) is 17.3 Å². The number of nitrogens with one attached hydrogen (secondary N) is 2. The normalized spacial score (nSPS) is 12.8. The van der Waals surface area contributed by atoms with Crippen molar-refractivity contribution < 1.29 is 14.7 Å². The number of aliphatic hydroxyl groups excluding tert-OH is 1. The second kappa shape index (κ2) is 10.9. The standard InChI is InChI=1S/C17H32N6O3/c1-17(2,9-11-24)23-12-13(21-22-23)7-8-15(25)20-10-5-4-6-14(19-3)16(18)26/h12,14,19,24H,4-11H2,1-3H3,(H2,18,26)(H,20,25). The van der Waals surface area contributed by atoms with Gasteiger partial charge in [0.15, 0.2) is 0 Å². The van der Waals surface area contributed by atoms with Crippen LogP contribution in [0.5, 0.6) is 0 Å². The highest BCUT2D eigenvalue weighted by Crippen LogP contribution is 2.18. The summed E-state index contributed by atoms with van der Waals surface area (Å²) in [6, 6.07) is -0.316. The molecular formula is C17H32N6O3. The molecule has 0 saturated heterocycles. The lowest BCUT2D eigenvalue weighted by Gasteiger charge is -2.23. The summed E-state index contributed by atoms with van der Waals surface area (Å²) >= 11 is 0. The molecule has 0 aliphatic carbocycles. The van der Waals surface area contributed by atoms with Crippen LogP contribution in [0.3, 0.4) is 0 Å². The average molecular weight is 368 g/mol. The van der Waals surface area contributed by atoms with Gasteiger partial charge >= 0.3 is 0 Å². The number of rotatable bonds is 13. The van der Waals surface area contributed by atoms with E-state index in [-0.39, 0.29) is 30.0 Å².